The van der Waals surface area contributed by atoms with Crippen molar-refractivity contribution in [2.45, 2.75) is 24.6 Å². The van der Waals surface area contributed by atoms with Crippen LogP contribution in [0, 0.1) is 0 Å². The molecule has 0 N–H and O–H groups in total. The number of Topliss-reactive ketones (excluding diaryl/α,β-unsaturated/α-hetero) is 1. The zero-order valence-electron chi connectivity index (χ0n) is 10.2. The highest BCUT2D eigenvalue weighted by Gasteiger charge is 2.21. The maximum Gasteiger partial charge on any atom is 0.338 e. The second-order valence-electron chi connectivity index (χ2n) is 3.70. The molecule has 0 aliphatic carbocycles. The Labute approximate surface area is 120 Å². The topological polar surface area (TPSA) is 43.4 Å². The molecular formula is C13H14BrClO3. The van der Waals surface area contributed by atoms with Crippen LogP contribution in [0.25, 0.3) is 0 Å². The van der Waals surface area contributed by atoms with Crippen molar-refractivity contribution in [1.29, 1.82) is 0 Å². The van der Waals surface area contributed by atoms with Crippen molar-refractivity contribution < 1.29 is 14.3 Å². The Kier molecular flexibility index (Phi) is 5.82. The molecule has 0 saturated heterocycles. The second-order valence-corrected chi connectivity index (χ2v) is 4.70. The summed E-state index contributed by atoms with van der Waals surface area (Å²) in [7, 11) is 0. The summed E-state index contributed by atoms with van der Waals surface area (Å²) in [4.78, 5) is 23.2. The van der Waals surface area contributed by atoms with Crippen molar-refractivity contribution in [2.24, 2.45) is 0 Å². The molecule has 5 heteroatoms. The van der Waals surface area contributed by atoms with Gasteiger partial charge in [-0.2, -0.15) is 0 Å². The molecule has 0 aromatic heterocycles. The van der Waals surface area contributed by atoms with Gasteiger partial charge in [0, 0.05) is 5.33 Å². The molecule has 18 heavy (non-hydrogen) atoms. The molecule has 0 aliphatic rings. The lowest BCUT2D eigenvalue weighted by atomic mass is 9.98. The van der Waals surface area contributed by atoms with Gasteiger partial charge in [-0.05, 0) is 31.0 Å². The van der Waals surface area contributed by atoms with Gasteiger partial charge in [0.15, 0.2) is 5.78 Å². The van der Waals surface area contributed by atoms with Crippen LogP contribution in [-0.4, -0.2) is 18.4 Å². The molecule has 1 atom stereocenters. The van der Waals surface area contributed by atoms with Gasteiger partial charge < -0.3 is 4.74 Å². The van der Waals surface area contributed by atoms with Gasteiger partial charge in [-0.25, -0.2) is 4.79 Å². The van der Waals surface area contributed by atoms with Crippen molar-refractivity contribution in [2.75, 3.05) is 6.61 Å². The fraction of sp³-hybridized carbons (Fsp3) is 0.385. The first-order valence-electron chi connectivity index (χ1n) is 5.52. The van der Waals surface area contributed by atoms with Crippen LogP contribution in [0.1, 0.15) is 40.7 Å². The first kappa shape index (κ1) is 15.2. The normalized spacial score (nSPS) is 12.0. The maximum absolute atomic E-state index is 11.8. The lowest BCUT2D eigenvalue weighted by Gasteiger charge is -2.14. The maximum atomic E-state index is 11.8. The Morgan fingerprint density at radius 1 is 1.44 bits per heavy atom. The lowest BCUT2D eigenvalue weighted by molar-refractivity contribution is -0.116. The molecule has 0 bridgehead atoms. The minimum absolute atomic E-state index is 0.153. The van der Waals surface area contributed by atoms with Crippen molar-refractivity contribution in [3.63, 3.8) is 0 Å². The van der Waals surface area contributed by atoms with E-state index in [0.29, 0.717) is 28.6 Å². The number of carbonyl (C=O) groups is 2. The molecule has 1 unspecified atom stereocenters. The fourth-order valence-corrected chi connectivity index (χ4v) is 2.44. The monoisotopic (exact) mass is 332 g/mol. The Hall–Kier alpha value is -0.870. The minimum Gasteiger partial charge on any atom is -0.462 e. The number of hydrogen-bond acceptors (Lipinski definition) is 3. The van der Waals surface area contributed by atoms with Crippen LogP contribution in [0.3, 0.4) is 0 Å². The summed E-state index contributed by atoms with van der Waals surface area (Å²) in [5.41, 5.74) is 1.79. The molecule has 0 fully saturated rings. The van der Waals surface area contributed by atoms with Crippen molar-refractivity contribution >= 4 is 39.3 Å². The molecular weight excluding hydrogens is 319 g/mol. The van der Waals surface area contributed by atoms with E-state index in [-0.39, 0.29) is 5.78 Å². The third kappa shape index (κ3) is 3.33. The minimum atomic E-state index is -0.744. The highest BCUT2D eigenvalue weighted by atomic mass is 79.9. The molecule has 1 aromatic carbocycles. The average molecular weight is 334 g/mol. The van der Waals surface area contributed by atoms with E-state index in [4.69, 9.17) is 16.3 Å². The molecule has 1 aromatic rings. The number of ketones is 1. The Bertz CT molecular complexity index is 460. The fourth-order valence-electron chi connectivity index (χ4n) is 1.61. The second kappa shape index (κ2) is 6.90. The van der Waals surface area contributed by atoms with Crippen LogP contribution < -0.4 is 0 Å². The van der Waals surface area contributed by atoms with Crippen LogP contribution in [0.15, 0.2) is 18.2 Å². The summed E-state index contributed by atoms with van der Waals surface area (Å²) in [6, 6.07) is 5.12. The van der Waals surface area contributed by atoms with Crippen LogP contribution in [0.4, 0.5) is 0 Å². The Balaban J connectivity index is 3.26. The number of ether oxygens (including phenoxy) is 1. The van der Waals surface area contributed by atoms with Gasteiger partial charge in [-0.15, -0.1) is 11.6 Å². The third-order valence-electron chi connectivity index (χ3n) is 2.47. The van der Waals surface area contributed by atoms with Crippen molar-refractivity contribution in [3.05, 3.63) is 34.9 Å². The van der Waals surface area contributed by atoms with Crippen LogP contribution in [0.2, 0.25) is 0 Å². The Morgan fingerprint density at radius 2 is 2.11 bits per heavy atom. The highest BCUT2D eigenvalue weighted by Crippen LogP contribution is 2.29. The largest absolute Gasteiger partial charge is 0.462 e. The van der Waals surface area contributed by atoms with Gasteiger partial charge in [0.05, 0.1) is 12.2 Å². The number of carbonyl (C=O) groups excluding carboxylic acids is 2. The van der Waals surface area contributed by atoms with E-state index in [1.165, 1.54) is 6.92 Å². The molecule has 3 nitrogen and oxygen atoms in total. The first-order valence-corrected chi connectivity index (χ1v) is 7.08. The van der Waals surface area contributed by atoms with Gasteiger partial charge in [0.2, 0.25) is 0 Å². The highest BCUT2D eigenvalue weighted by molar-refractivity contribution is 9.08. The van der Waals surface area contributed by atoms with Gasteiger partial charge >= 0.3 is 5.97 Å². The van der Waals surface area contributed by atoms with E-state index in [2.05, 4.69) is 15.9 Å². The zero-order chi connectivity index (χ0) is 13.7. The predicted octanol–water partition coefficient (Wildman–Crippen LogP) is 3.63. The SMILES string of the molecule is CCOC(=O)c1cccc(C(Cl)C(C)=O)c1CBr. The summed E-state index contributed by atoms with van der Waals surface area (Å²) >= 11 is 9.37. The van der Waals surface area contributed by atoms with E-state index < -0.39 is 11.3 Å². The number of benzene rings is 1. The lowest BCUT2D eigenvalue weighted by Crippen LogP contribution is -2.12. The number of esters is 1. The summed E-state index contributed by atoms with van der Waals surface area (Å²) in [6.45, 7) is 3.48. The van der Waals surface area contributed by atoms with Crippen molar-refractivity contribution in [1.82, 2.24) is 0 Å². The number of rotatable bonds is 5. The Morgan fingerprint density at radius 3 is 2.61 bits per heavy atom. The van der Waals surface area contributed by atoms with Crippen LogP contribution >= 0.6 is 27.5 Å². The molecule has 0 amide bonds. The van der Waals surface area contributed by atoms with E-state index in [1.54, 1.807) is 25.1 Å². The summed E-state index contributed by atoms with van der Waals surface area (Å²) in [5, 5.41) is -0.305. The number of alkyl halides is 2. The van der Waals surface area contributed by atoms with Crippen molar-refractivity contribution in [3.8, 4) is 0 Å². The van der Waals surface area contributed by atoms with E-state index in [0.717, 1.165) is 0 Å². The molecule has 0 saturated carbocycles. The average Bonchev–Trinajstić information content (AvgIpc) is 2.36. The molecule has 0 spiro atoms. The molecule has 0 heterocycles. The molecule has 1 rings (SSSR count). The third-order valence-corrected chi connectivity index (χ3v) is 3.57. The van der Waals surface area contributed by atoms with E-state index in [9.17, 15) is 9.59 Å². The summed E-state index contributed by atoms with van der Waals surface area (Å²) in [5.74, 6) is -0.555. The smallest absolute Gasteiger partial charge is 0.338 e. The molecule has 0 aliphatic heterocycles. The van der Waals surface area contributed by atoms with Crippen LogP contribution in [0.5, 0.6) is 0 Å². The van der Waals surface area contributed by atoms with Crippen LogP contribution in [-0.2, 0) is 14.9 Å². The van der Waals surface area contributed by atoms with Gasteiger partial charge in [0.25, 0.3) is 0 Å². The van der Waals surface area contributed by atoms with Gasteiger partial charge in [0.1, 0.15) is 5.38 Å². The standard InChI is InChI=1S/C13H14BrClO3/c1-3-18-13(17)10-6-4-5-9(11(10)7-14)12(15)8(2)16/h4-6,12H,3,7H2,1-2H3. The van der Waals surface area contributed by atoms with E-state index >= 15 is 0 Å². The number of hydrogen-bond donors (Lipinski definition) is 0. The van der Waals surface area contributed by atoms with Gasteiger partial charge in [-0.3, -0.25) is 4.79 Å². The quantitative estimate of drug-likeness (QED) is 0.610. The van der Waals surface area contributed by atoms with Gasteiger partial charge in [-0.1, -0.05) is 28.1 Å². The number of halogens is 2. The van der Waals surface area contributed by atoms with E-state index in [1.807, 2.05) is 0 Å². The zero-order valence-corrected chi connectivity index (χ0v) is 12.5. The summed E-state index contributed by atoms with van der Waals surface area (Å²) < 4.78 is 4.98. The summed E-state index contributed by atoms with van der Waals surface area (Å²) in [6.07, 6.45) is 0. The first-order chi connectivity index (χ1) is 8.52. The predicted molar refractivity (Wildman–Crippen MR) is 74.3 cm³/mol. The molecule has 98 valence electrons. The molecule has 0 radical (unpaired) electrons.